The van der Waals surface area contributed by atoms with Crippen molar-refractivity contribution in [1.82, 2.24) is 0 Å². The molecular formula is C19H18ClNO3. The Morgan fingerprint density at radius 2 is 1.75 bits per heavy atom. The molecule has 0 aliphatic heterocycles. The van der Waals surface area contributed by atoms with Crippen molar-refractivity contribution in [3.05, 3.63) is 70.8 Å². The minimum absolute atomic E-state index is 0.0765. The topological polar surface area (TPSA) is 55.4 Å². The SMILES string of the molecule is CCCOC(=O)c1ccc(NC(=O)/C(Cl)=C/c2ccccc2)cc1. The van der Waals surface area contributed by atoms with Crippen molar-refractivity contribution in [3.8, 4) is 0 Å². The molecule has 0 heterocycles. The van der Waals surface area contributed by atoms with E-state index in [1.165, 1.54) is 0 Å². The molecule has 1 N–H and O–H groups in total. The highest BCUT2D eigenvalue weighted by atomic mass is 35.5. The largest absolute Gasteiger partial charge is 0.462 e. The van der Waals surface area contributed by atoms with Crippen LogP contribution in [0.2, 0.25) is 0 Å². The van der Waals surface area contributed by atoms with E-state index in [-0.39, 0.29) is 11.0 Å². The average molecular weight is 344 g/mol. The van der Waals surface area contributed by atoms with Crippen LogP contribution in [0.4, 0.5) is 5.69 Å². The van der Waals surface area contributed by atoms with Gasteiger partial charge in [-0.1, -0.05) is 48.9 Å². The molecule has 0 aliphatic carbocycles. The molecule has 0 spiro atoms. The van der Waals surface area contributed by atoms with Crippen LogP contribution in [-0.2, 0) is 9.53 Å². The van der Waals surface area contributed by atoms with Crippen molar-refractivity contribution in [2.75, 3.05) is 11.9 Å². The van der Waals surface area contributed by atoms with Crippen LogP contribution in [0.3, 0.4) is 0 Å². The van der Waals surface area contributed by atoms with E-state index >= 15 is 0 Å². The fourth-order valence-corrected chi connectivity index (χ4v) is 2.09. The van der Waals surface area contributed by atoms with Crippen LogP contribution in [-0.4, -0.2) is 18.5 Å². The molecule has 0 atom stereocenters. The van der Waals surface area contributed by atoms with Crippen LogP contribution in [0, 0.1) is 0 Å². The van der Waals surface area contributed by atoms with Gasteiger partial charge in [0.2, 0.25) is 0 Å². The number of nitrogens with one attached hydrogen (secondary N) is 1. The van der Waals surface area contributed by atoms with Crippen LogP contribution in [0.1, 0.15) is 29.3 Å². The number of anilines is 1. The Labute approximate surface area is 146 Å². The second kappa shape index (κ2) is 8.89. The fourth-order valence-electron chi connectivity index (χ4n) is 1.92. The van der Waals surface area contributed by atoms with E-state index in [0.29, 0.717) is 17.9 Å². The van der Waals surface area contributed by atoms with E-state index in [2.05, 4.69) is 5.32 Å². The Morgan fingerprint density at radius 3 is 2.38 bits per heavy atom. The first kappa shape index (κ1) is 17.8. The number of esters is 1. The molecule has 0 saturated carbocycles. The quantitative estimate of drug-likeness (QED) is 0.621. The lowest BCUT2D eigenvalue weighted by Crippen LogP contribution is -2.12. The maximum atomic E-state index is 12.1. The van der Waals surface area contributed by atoms with Gasteiger partial charge in [-0.2, -0.15) is 0 Å². The van der Waals surface area contributed by atoms with E-state index in [1.807, 2.05) is 37.3 Å². The molecule has 0 aliphatic rings. The van der Waals surface area contributed by atoms with Gasteiger partial charge in [-0.05, 0) is 42.3 Å². The molecule has 0 fully saturated rings. The first-order valence-electron chi connectivity index (χ1n) is 7.61. The molecule has 2 aromatic carbocycles. The van der Waals surface area contributed by atoms with Gasteiger partial charge in [-0.25, -0.2) is 4.79 Å². The summed E-state index contributed by atoms with van der Waals surface area (Å²) >= 11 is 6.03. The third-order valence-electron chi connectivity index (χ3n) is 3.13. The molecule has 0 bridgehead atoms. The number of amides is 1. The highest BCUT2D eigenvalue weighted by Crippen LogP contribution is 2.15. The Balaban J connectivity index is 1.99. The molecule has 124 valence electrons. The lowest BCUT2D eigenvalue weighted by molar-refractivity contribution is -0.112. The minimum atomic E-state index is -0.415. The minimum Gasteiger partial charge on any atom is -0.462 e. The zero-order valence-electron chi connectivity index (χ0n) is 13.3. The molecule has 5 heteroatoms. The number of benzene rings is 2. The first-order chi connectivity index (χ1) is 11.6. The summed E-state index contributed by atoms with van der Waals surface area (Å²) in [4.78, 5) is 23.8. The van der Waals surface area contributed by atoms with Crippen LogP contribution in [0.25, 0.3) is 6.08 Å². The lowest BCUT2D eigenvalue weighted by atomic mass is 10.2. The Morgan fingerprint density at radius 1 is 1.08 bits per heavy atom. The third-order valence-corrected chi connectivity index (χ3v) is 3.41. The molecule has 0 saturated heterocycles. The molecule has 0 unspecified atom stereocenters. The number of rotatable bonds is 6. The van der Waals surface area contributed by atoms with Gasteiger partial charge in [-0.3, -0.25) is 4.79 Å². The molecule has 2 rings (SSSR count). The van der Waals surface area contributed by atoms with Crippen molar-refractivity contribution >= 4 is 35.2 Å². The molecule has 0 radical (unpaired) electrons. The highest BCUT2D eigenvalue weighted by molar-refractivity contribution is 6.45. The van der Waals surface area contributed by atoms with Gasteiger partial charge in [0.25, 0.3) is 5.91 Å². The van der Waals surface area contributed by atoms with Gasteiger partial charge in [0.1, 0.15) is 5.03 Å². The molecule has 4 nitrogen and oxygen atoms in total. The summed E-state index contributed by atoms with van der Waals surface area (Å²) in [5, 5.41) is 2.76. The number of carbonyl (C=O) groups is 2. The summed E-state index contributed by atoms with van der Waals surface area (Å²) in [6.07, 6.45) is 2.36. The van der Waals surface area contributed by atoms with Gasteiger partial charge in [0, 0.05) is 5.69 Å². The second-order valence-electron chi connectivity index (χ2n) is 5.07. The monoisotopic (exact) mass is 343 g/mol. The zero-order chi connectivity index (χ0) is 17.4. The average Bonchev–Trinajstić information content (AvgIpc) is 2.61. The summed E-state index contributed by atoms with van der Waals surface area (Å²) in [5.74, 6) is -0.793. The summed E-state index contributed by atoms with van der Waals surface area (Å²) < 4.78 is 5.05. The number of ether oxygens (including phenoxy) is 1. The smallest absolute Gasteiger partial charge is 0.338 e. The fraction of sp³-hybridized carbons (Fsp3) is 0.158. The Bertz CT molecular complexity index is 724. The van der Waals surface area contributed by atoms with Crippen LogP contribution in [0.5, 0.6) is 0 Å². The standard InChI is InChI=1S/C19H18ClNO3/c1-2-12-24-19(23)15-8-10-16(11-9-15)21-18(22)17(20)13-14-6-4-3-5-7-14/h3-11,13H,2,12H2,1H3,(H,21,22)/b17-13-. The highest BCUT2D eigenvalue weighted by Gasteiger charge is 2.09. The number of hydrogen-bond acceptors (Lipinski definition) is 3. The predicted molar refractivity (Wildman–Crippen MR) is 95.9 cm³/mol. The normalized spacial score (nSPS) is 11.0. The van der Waals surface area contributed by atoms with Gasteiger partial charge >= 0.3 is 5.97 Å². The van der Waals surface area contributed by atoms with Gasteiger partial charge in [-0.15, -0.1) is 0 Å². The molecule has 24 heavy (non-hydrogen) atoms. The van der Waals surface area contributed by atoms with E-state index in [9.17, 15) is 9.59 Å². The van der Waals surface area contributed by atoms with E-state index in [0.717, 1.165) is 12.0 Å². The third kappa shape index (κ3) is 5.25. The summed E-state index contributed by atoms with van der Waals surface area (Å²) in [7, 11) is 0. The van der Waals surface area contributed by atoms with E-state index < -0.39 is 5.91 Å². The van der Waals surface area contributed by atoms with Crippen molar-refractivity contribution in [2.24, 2.45) is 0 Å². The predicted octanol–water partition coefficient (Wildman–Crippen LogP) is 4.47. The molecule has 2 aromatic rings. The van der Waals surface area contributed by atoms with Crippen LogP contribution in [0.15, 0.2) is 59.6 Å². The molecule has 0 aromatic heterocycles. The van der Waals surface area contributed by atoms with E-state index in [1.54, 1.807) is 30.3 Å². The van der Waals surface area contributed by atoms with Gasteiger partial charge in [0.15, 0.2) is 0 Å². The van der Waals surface area contributed by atoms with Gasteiger partial charge < -0.3 is 10.1 Å². The maximum Gasteiger partial charge on any atom is 0.338 e. The van der Waals surface area contributed by atoms with Crippen molar-refractivity contribution in [2.45, 2.75) is 13.3 Å². The zero-order valence-corrected chi connectivity index (χ0v) is 14.0. The van der Waals surface area contributed by atoms with Crippen LogP contribution >= 0.6 is 11.6 Å². The van der Waals surface area contributed by atoms with Crippen molar-refractivity contribution < 1.29 is 14.3 Å². The maximum absolute atomic E-state index is 12.1. The van der Waals surface area contributed by atoms with Crippen LogP contribution < -0.4 is 5.32 Å². The number of hydrogen-bond donors (Lipinski definition) is 1. The Kier molecular flexibility index (Phi) is 6.58. The van der Waals surface area contributed by atoms with Gasteiger partial charge in [0.05, 0.1) is 12.2 Å². The Hall–Kier alpha value is -2.59. The number of carbonyl (C=O) groups excluding carboxylic acids is 2. The molecular weight excluding hydrogens is 326 g/mol. The summed E-state index contributed by atoms with van der Waals surface area (Å²) in [5.41, 5.74) is 1.82. The van der Waals surface area contributed by atoms with Crippen molar-refractivity contribution in [1.29, 1.82) is 0 Å². The number of halogens is 1. The summed E-state index contributed by atoms with van der Waals surface area (Å²) in [6.45, 7) is 2.32. The second-order valence-corrected chi connectivity index (χ2v) is 5.48. The first-order valence-corrected chi connectivity index (χ1v) is 7.98. The summed E-state index contributed by atoms with van der Waals surface area (Å²) in [6, 6.07) is 15.8. The van der Waals surface area contributed by atoms with Crippen molar-refractivity contribution in [3.63, 3.8) is 0 Å². The molecule has 1 amide bonds. The van der Waals surface area contributed by atoms with E-state index in [4.69, 9.17) is 16.3 Å². The lowest BCUT2D eigenvalue weighted by Gasteiger charge is -2.06.